The largest absolute Gasteiger partial charge is 0.493 e. The Labute approximate surface area is 141 Å². The molecular formula is C20H20O4. The summed E-state index contributed by atoms with van der Waals surface area (Å²) in [5.74, 6) is 0.414. The Balaban J connectivity index is 2.33. The van der Waals surface area contributed by atoms with Crippen molar-refractivity contribution >= 4 is 18.3 Å². The number of rotatable bonds is 6. The van der Waals surface area contributed by atoms with Crippen LogP contribution in [0.5, 0.6) is 11.5 Å². The lowest BCUT2D eigenvalue weighted by molar-refractivity contribution is -0.105. The van der Waals surface area contributed by atoms with Crippen molar-refractivity contribution in [2.75, 3.05) is 7.11 Å². The number of allylic oxidation sites excluding steroid dienone is 1. The van der Waals surface area contributed by atoms with Gasteiger partial charge in [0.05, 0.1) is 12.7 Å². The number of hydrogen-bond donors (Lipinski definition) is 0. The molecule has 2 aromatic carbocycles. The number of aldehydes is 1. The number of ether oxygens (including phenoxy) is 2. The summed E-state index contributed by atoms with van der Waals surface area (Å²) in [5, 5.41) is 0. The highest BCUT2D eigenvalue weighted by molar-refractivity contribution is 5.91. The highest BCUT2D eigenvalue weighted by atomic mass is 16.6. The first-order valence-corrected chi connectivity index (χ1v) is 7.67. The molecule has 124 valence electrons. The van der Waals surface area contributed by atoms with E-state index in [4.69, 9.17) is 9.47 Å². The molecule has 0 atom stereocenters. The third-order valence-corrected chi connectivity index (χ3v) is 3.54. The van der Waals surface area contributed by atoms with Gasteiger partial charge in [0, 0.05) is 0 Å². The predicted molar refractivity (Wildman–Crippen MR) is 93.3 cm³/mol. The lowest BCUT2D eigenvalue weighted by Crippen LogP contribution is -2.09. The normalized spacial score (nSPS) is 11.2. The zero-order chi connectivity index (χ0) is 17.5. The maximum Gasteiger partial charge on any atom is 0.343 e. The molecular weight excluding hydrogens is 304 g/mol. The summed E-state index contributed by atoms with van der Waals surface area (Å²) in [6.07, 6.45) is 2.61. The second kappa shape index (κ2) is 8.11. The molecule has 0 aliphatic carbocycles. The summed E-state index contributed by atoms with van der Waals surface area (Å²) in [6, 6.07) is 13.9. The average molecular weight is 324 g/mol. The van der Waals surface area contributed by atoms with E-state index in [0.29, 0.717) is 22.6 Å². The number of carbonyl (C=O) groups excluding carboxylic acids is 2. The molecule has 0 spiro atoms. The molecule has 0 unspecified atom stereocenters. The van der Waals surface area contributed by atoms with Gasteiger partial charge < -0.3 is 9.47 Å². The van der Waals surface area contributed by atoms with Crippen LogP contribution < -0.4 is 9.47 Å². The molecule has 0 N–H and O–H groups in total. The van der Waals surface area contributed by atoms with Crippen LogP contribution in [0, 0.1) is 5.92 Å². The summed E-state index contributed by atoms with van der Waals surface area (Å²) in [4.78, 5) is 23.4. The second-order valence-electron chi connectivity index (χ2n) is 5.58. The molecule has 2 rings (SSSR count). The Morgan fingerprint density at radius 1 is 1.04 bits per heavy atom. The van der Waals surface area contributed by atoms with E-state index in [1.54, 1.807) is 42.5 Å². The van der Waals surface area contributed by atoms with Gasteiger partial charge in [-0.1, -0.05) is 38.1 Å². The Morgan fingerprint density at radius 3 is 2.33 bits per heavy atom. The van der Waals surface area contributed by atoms with Crippen LogP contribution in [0.2, 0.25) is 0 Å². The molecule has 24 heavy (non-hydrogen) atoms. The minimum Gasteiger partial charge on any atom is -0.493 e. The van der Waals surface area contributed by atoms with Crippen LogP contribution in [0.4, 0.5) is 0 Å². The van der Waals surface area contributed by atoms with Crippen molar-refractivity contribution in [2.45, 2.75) is 13.8 Å². The molecule has 4 nitrogen and oxygen atoms in total. The quantitative estimate of drug-likeness (QED) is 0.347. The standard InChI is InChI=1S/C20H20O4/c1-14(2)17(13-21)11-15-9-10-18(23-3)19(12-15)24-20(22)16-7-5-4-6-8-16/h4-14H,1-3H3/b17-11-. The third-order valence-electron chi connectivity index (χ3n) is 3.54. The molecule has 0 bridgehead atoms. The summed E-state index contributed by atoms with van der Waals surface area (Å²) in [7, 11) is 1.51. The predicted octanol–water partition coefficient (Wildman–Crippen LogP) is 4.15. The Bertz CT molecular complexity index is 745. The first-order chi connectivity index (χ1) is 11.5. The lowest BCUT2D eigenvalue weighted by Gasteiger charge is -2.11. The van der Waals surface area contributed by atoms with Crippen molar-refractivity contribution in [3.8, 4) is 11.5 Å². The first kappa shape index (κ1) is 17.5. The van der Waals surface area contributed by atoms with E-state index in [-0.39, 0.29) is 5.92 Å². The van der Waals surface area contributed by atoms with Crippen LogP contribution in [0.3, 0.4) is 0 Å². The van der Waals surface area contributed by atoms with Gasteiger partial charge in [-0.2, -0.15) is 0 Å². The molecule has 0 aromatic heterocycles. The maximum atomic E-state index is 12.2. The maximum absolute atomic E-state index is 12.2. The molecule has 2 aromatic rings. The van der Waals surface area contributed by atoms with Gasteiger partial charge in [-0.3, -0.25) is 4.79 Å². The topological polar surface area (TPSA) is 52.6 Å². The molecule has 0 saturated heterocycles. The number of benzene rings is 2. The second-order valence-corrected chi connectivity index (χ2v) is 5.58. The van der Waals surface area contributed by atoms with Gasteiger partial charge in [0.1, 0.15) is 6.29 Å². The molecule has 0 aliphatic rings. The number of methoxy groups -OCH3 is 1. The lowest BCUT2D eigenvalue weighted by atomic mass is 10.0. The SMILES string of the molecule is COc1ccc(/C=C(/C=O)C(C)C)cc1OC(=O)c1ccccc1. The summed E-state index contributed by atoms with van der Waals surface area (Å²) < 4.78 is 10.7. The van der Waals surface area contributed by atoms with Gasteiger partial charge in [0.15, 0.2) is 11.5 Å². The van der Waals surface area contributed by atoms with Gasteiger partial charge in [0.25, 0.3) is 0 Å². The molecule has 0 fully saturated rings. The molecule has 0 amide bonds. The number of carbonyl (C=O) groups is 2. The highest BCUT2D eigenvalue weighted by Crippen LogP contribution is 2.30. The average Bonchev–Trinajstić information content (AvgIpc) is 2.60. The van der Waals surface area contributed by atoms with Crippen molar-refractivity contribution in [2.24, 2.45) is 5.92 Å². The van der Waals surface area contributed by atoms with Crippen LogP contribution in [-0.4, -0.2) is 19.4 Å². The van der Waals surface area contributed by atoms with Crippen LogP contribution in [0.1, 0.15) is 29.8 Å². The molecule has 0 heterocycles. The van der Waals surface area contributed by atoms with E-state index in [9.17, 15) is 9.59 Å². The van der Waals surface area contributed by atoms with E-state index in [2.05, 4.69) is 0 Å². The zero-order valence-electron chi connectivity index (χ0n) is 14.0. The Hall–Kier alpha value is -2.88. The monoisotopic (exact) mass is 324 g/mol. The molecule has 0 aliphatic heterocycles. The fourth-order valence-corrected chi connectivity index (χ4v) is 2.13. The van der Waals surface area contributed by atoms with E-state index in [1.165, 1.54) is 7.11 Å². The van der Waals surface area contributed by atoms with Crippen molar-refractivity contribution in [1.82, 2.24) is 0 Å². The van der Waals surface area contributed by atoms with Gasteiger partial charge in [-0.15, -0.1) is 0 Å². The third kappa shape index (κ3) is 4.32. The van der Waals surface area contributed by atoms with Crippen molar-refractivity contribution in [1.29, 1.82) is 0 Å². The van der Waals surface area contributed by atoms with Gasteiger partial charge in [0.2, 0.25) is 0 Å². The van der Waals surface area contributed by atoms with Crippen molar-refractivity contribution in [3.05, 3.63) is 65.2 Å². The fraction of sp³-hybridized carbons (Fsp3) is 0.200. The minimum absolute atomic E-state index is 0.111. The molecule has 4 heteroatoms. The van der Waals surface area contributed by atoms with Gasteiger partial charge in [-0.25, -0.2) is 4.79 Å². The van der Waals surface area contributed by atoms with E-state index < -0.39 is 5.97 Å². The van der Waals surface area contributed by atoms with Crippen LogP contribution >= 0.6 is 0 Å². The summed E-state index contributed by atoms with van der Waals surface area (Å²) >= 11 is 0. The first-order valence-electron chi connectivity index (χ1n) is 7.67. The zero-order valence-corrected chi connectivity index (χ0v) is 14.0. The van der Waals surface area contributed by atoms with Crippen molar-refractivity contribution < 1.29 is 19.1 Å². The smallest absolute Gasteiger partial charge is 0.343 e. The minimum atomic E-state index is -0.463. The van der Waals surface area contributed by atoms with E-state index in [1.807, 2.05) is 26.0 Å². The van der Waals surface area contributed by atoms with Gasteiger partial charge >= 0.3 is 5.97 Å². The van der Waals surface area contributed by atoms with E-state index >= 15 is 0 Å². The molecule has 0 saturated carbocycles. The molecule has 0 radical (unpaired) electrons. The highest BCUT2D eigenvalue weighted by Gasteiger charge is 2.13. The van der Waals surface area contributed by atoms with Crippen LogP contribution in [0.15, 0.2) is 54.1 Å². The van der Waals surface area contributed by atoms with Crippen molar-refractivity contribution in [3.63, 3.8) is 0 Å². The van der Waals surface area contributed by atoms with Gasteiger partial charge in [-0.05, 0) is 47.4 Å². The Morgan fingerprint density at radius 2 is 1.75 bits per heavy atom. The number of hydrogen-bond acceptors (Lipinski definition) is 4. The van der Waals surface area contributed by atoms with E-state index in [0.717, 1.165) is 11.8 Å². The van der Waals surface area contributed by atoms with Crippen LogP contribution in [0.25, 0.3) is 6.08 Å². The fourth-order valence-electron chi connectivity index (χ4n) is 2.13. The Kier molecular flexibility index (Phi) is 5.90. The summed E-state index contributed by atoms with van der Waals surface area (Å²) in [6.45, 7) is 3.89. The van der Waals surface area contributed by atoms with Crippen LogP contribution in [-0.2, 0) is 4.79 Å². The number of esters is 1. The summed E-state index contributed by atoms with van der Waals surface area (Å²) in [5.41, 5.74) is 1.89.